The number of hydrogen-bond donors (Lipinski definition) is 2. The number of aliphatic hydroxyl groups excluding tert-OH is 1. The van der Waals surface area contributed by atoms with Crippen LogP contribution in [0.4, 0.5) is 14.6 Å². The van der Waals surface area contributed by atoms with E-state index < -0.39 is 17.7 Å². The average molecular weight is 351 g/mol. The molecule has 0 bridgehead atoms. The first-order chi connectivity index (χ1) is 11.7. The third-order valence-corrected chi connectivity index (χ3v) is 3.55. The number of aliphatic hydroxyl groups is 1. The number of anilines is 1. The molecule has 136 valence electrons. The van der Waals surface area contributed by atoms with Gasteiger partial charge >= 0.3 is 0 Å². The fourth-order valence-electron chi connectivity index (χ4n) is 2.28. The molecule has 1 aromatic carbocycles. The van der Waals surface area contributed by atoms with E-state index in [0.29, 0.717) is 23.9 Å². The van der Waals surface area contributed by atoms with Gasteiger partial charge in [0.15, 0.2) is 0 Å². The molecule has 2 N–H and O–H groups in total. The number of nitrogens with zero attached hydrogens (tertiary/aromatic N) is 2. The average Bonchev–Trinajstić information content (AvgIpc) is 2.52. The predicted octanol–water partition coefficient (Wildman–Crippen LogP) is 3.34. The lowest BCUT2D eigenvalue weighted by molar-refractivity contribution is 0.180. The van der Waals surface area contributed by atoms with Crippen LogP contribution in [0.2, 0.25) is 0 Å². The molecule has 0 amide bonds. The maximum Gasteiger partial charge on any atom is 0.136 e. The lowest BCUT2D eigenvalue weighted by Crippen LogP contribution is -2.20. The number of rotatable bonds is 6. The highest BCUT2D eigenvalue weighted by Gasteiger charge is 2.21. The third-order valence-electron chi connectivity index (χ3n) is 3.55. The van der Waals surface area contributed by atoms with Crippen molar-refractivity contribution in [2.75, 3.05) is 19.0 Å². The standard InChI is InChI=1S/C18H23F2N3O2/c1-18(2,3)17-22-11(10-25-4)8-15(23-17)21-9-14(24)16-12(19)6-5-7-13(16)20/h5-8,14,24H,9-10H2,1-4H3,(H,21,22,23). The highest BCUT2D eigenvalue weighted by molar-refractivity contribution is 5.38. The van der Waals surface area contributed by atoms with Gasteiger partial charge in [-0.2, -0.15) is 0 Å². The second kappa shape index (κ2) is 7.84. The molecule has 1 aromatic heterocycles. The van der Waals surface area contributed by atoms with Gasteiger partial charge in [0.05, 0.1) is 17.9 Å². The zero-order valence-corrected chi connectivity index (χ0v) is 14.8. The molecule has 2 aromatic rings. The molecule has 0 aliphatic heterocycles. The molecule has 0 fully saturated rings. The highest BCUT2D eigenvalue weighted by atomic mass is 19.1. The summed E-state index contributed by atoms with van der Waals surface area (Å²) < 4.78 is 32.6. The maximum absolute atomic E-state index is 13.7. The summed E-state index contributed by atoms with van der Waals surface area (Å²) in [5.41, 5.74) is 0.0323. The molecule has 25 heavy (non-hydrogen) atoms. The second-order valence-electron chi connectivity index (χ2n) is 6.78. The molecule has 2 rings (SSSR count). The van der Waals surface area contributed by atoms with Crippen molar-refractivity contribution in [3.8, 4) is 0 Å². The Bertz CT molecular complexity index is 712. The van der Waals surface area contributed by atoms with E-state index in [-0.39, 0.29) is 17.5 Å². The van der Waals surface area contributed by atoms with Gasteiger partial charge in [-0.25, -0.2) is 18.7 Å². The van der Waals surface area contributed by atoms with Crippen LogP contribution in [0.5, 0.6) is 0 Å². The fourth-order valence-corrected chi connectivity index (χ4v) is 2.28. The van der Waals surface area contributed by atoms with Crippen molar-refractivity contribution in [3.05, 3.63) is 53.0 Å². The van der Waals surface area contributed by atoms with Crippen LogP contribution < -0.4 is 5.32 Å². The summed E-state index contributed by atoms with van der Waals surface area (Å²) in [5.74, 6) is -0.501. The number of benzene rings is 1. The smallest absolute Gasteiger partial charge is 0.136 e. The summed E-state index contributed by atoms with van der Waals surface area (Å²) in [5, 5.41) is 13.1. The Kier molecular flexibility index (Phi) is 6.02. The minimum Gasteiger partial charge on any atom is -0.386 e. The molecule has 0 spiro atoms. The zero-order chi connectivity index (χ0) is 18.6. The van der Waals surface area contributed by atoms with Crippen LogP contribution in [0, 0.1) is 11.6 Å². The quantitative estimate of drug-likeness (QED) is 0.835. The van der Waals surface area contributed by atoms with Crippen molar-refractivity contribution in [3.63, 3.8) is 0 Å². The first kappa shape index (κ1) is 19.2. The summed E-state index contributed by atoms with van der Waals surface area (Å²) in [6.07, 6.45) is -1.35. The summed E-state index contributed by atoms with van der Waals surface area (Å²) >= 11 is 0. The number of methoxy groups -OCH3 is 1. The Morgan fingerprint density at radius 2 is 1.84 bits per heavy atom. The normalized spacial score (nSPS) is 12.9. The lowest BCUT2D eigenvalue weighted by Gasteiger charge is -2.20. The third kappa shape index (κ3) is 4.93. The van der Waals surface area contributed by atoms with E-state index in [4.69, 9.17) is 4.74 Å². The summed E-state index contributed by atoms with van der Waals surface area (Å²) in [7, 11) is 1.57. The number of nitrogens with one attached hydrogen (secondary N) is 1. The Balaban J connectivity index is 2.20. The van der Waals surface area contributed by atoms with Crippen molar-refractivity contribution in [1.29, 1.82) is 0 Å². The summed E-state index contributed by atoms with van der Waals surface area (Å²) in [4.78, 5) is 8.87. The van der Waals surface area contributed by atoms with E-state index in [2.05, 4.69) is 15.3 Å². The topological polar surface area (TPSA) is 67.3 Å². The summed E-state index contributed by atoms with van der Waals surface area (Å²) in [6.45, 7) is 6.15. The van der Waals surface area contributed by atoms with Gasteiger partial charge in [-0.05, 0) is 12.1 Å². The van der Waals surface area contributed by atoms with Gasteiger partial charge in [-0.15, -0.1) is 0 Å². The molecule has 1 atom stereocenters. The van der Waals surface area contributed by atoms with Crippen LogP contribution in [0.1, 0.15) is 44.0 Å². The highest BCUT2D eigenvalue weighted by Crippen LogP contribution is 2.23. The van der Waals surface area contributed by atoms with E-state index >= 15 is 0 Å². The SMILES string of the molecule is COCc1cc(NCC(O)c2c(F)cccc2F)nc(C(C)(C)C)n1. The van der Waals surface area contributed by atoms with Gasteiger partial charge in [0, 0.05) is 25.1 Å². The van der Waals surface area contributed by atoms with Crippen molar-refractivity contribution in [1.82, 2.24) is 9.97 Å². The maximum atomic E-state index is 13.7. The molecule has 7 heteroatoms. The lowest BCUT2D eigenvalue weighted by atomic mass is 9.95. The molecule has 5 nitrogen and oxygen atoms in total. The van der Waals surface area contributed by atoms with Crippen LogP contribution in [-0.4, -0.2) is 28.7 Å². The zero-order valence-electron chi connectivity index (χ0n) is 14.8. The van der Waals surface area contributed by atoms with Crippen molar-refractivity contribution in [2.24, 2.45) is 0 Å². The van der Waals surface area contributed by atoms with Gasteiger partial charge in [0.1, 0.15) is 29.4 Å². The van der Waals surface area contributed by atoms with Gasteiger partial charge in [0.2, 0.25) is 0 Å². The monoisotopic (exact) mass is 351 g/mol. The van der Waals surface area contributed by atoms with E-state index in [1.807, 2.05) is 20.8 Å². The summed E-state index contributed by atoms with van der Waals surface area (Å²) in [6, 6.07) is 5.16. The van der Waals surface area contributed by atoms with E-state index in [0.717, 1.165) is 12.1 Å². The number of ether oxygens (including phenoxy) is 1. The molecule has 0 aliphatic carbocycles. The van der Waals surface area contributed by atoms with Gasteiger partial charge in [0.25, 0.3) is 0 Å². The molecule has 0 saturated carbocycles. The van der Waals surface area contributed by atoms with E-state index in [1.165, 1.54) is 6.07 Å². The number of aromatic nitrogens is 2. The first-order valence-corrected chi connectivity index (χ1v) is 7.95. The number of halogens is 2. The molecule has 0 saturated heterocycles. The predicted molar refractivity (Wildman–Crippen MR) is 91.3 cm³/mol. The van der Waals surface area contributed by atoms with Crippen molar-refractivity contribution < 1.29 is 18.6 Å². The minimum absolute atomic E-state index is 0.0924. The first-order valence-electron chi connectivity index (χ1n) is 7.95. The molecule has 1 heterocycles. The molecular weight excluding hydrogens is 328 g/mol. The minimum atomic E-state index is -1.35. The van der Waals surface area contributed by atoms with Crippen LogP contribution >= 0.6 is 0 Å². The Morgan fingerprint density at radius 3 is 2.40 bits per heavy atom. The number of hydrogen-bond acceptors (Lipinski definition) is 5. The van der Waals surface area contributed by atoms with E-state index in [1.54, 1.807) is 13.2 Å². The van der Waals surface area contributed by atoms with Gasteiger partial charge < -0.3 is 15.2 Å². The van der Waals surface area contributed by atoms with Gasteiger partial charge in [-0.1, -0.05) is 26.8 Å². The van der Waals surface area contributed by atoms with Crippen molar-refractivity contribution in [2.45, 2.75) is 38.9 Å². The van der Waals surface area contributed by atoms with E-state index in [9.17, 15) is 13.9 Å². The fraction of sp³-hybridized carbons (Fsp3) is 0.444. The Hall–Kier alpha value is -2.12. The molecule has 1 unspecified atom stereocenters. The van der Waals surface area contributed by atoms with Gasteiger partial charge in [-0.3, -0.25) is 0 Å². The second-order valence-corrected chi connectivity index (χ2v) is 6.78. The Morgan fingerprint density at radius 1 is 1.20 bits per heavy atom. The molecular formula is C18H23F2N3O2. The molecule has 0 aliphatic rings. The largest absolute Gasteiger partial charge is 0.386 e. The van der Waals surface area contributed by atoms with Crippen LogP contribution in [0.3, 0.4) is 0 Å². The molecule has 0 radical (unpaired) electrons. The van der Waals surface area contributed by atoms with Crippen LogP contribution in [0.15, 0.2) is 24.3 Å². The van der Waals surface area contributed by atoms with Crippen LogP contribution in [0.25, 0.3) is 0 Å². The van der Waals surface area contributed by atoms with Crippen molar-refractivity contribution >= 4 is 5.82 Å². The Labute approximate surface area is 146 Å². The van der Waals surface area contributed by atoms with Crippen LogP contribution in [-0.2, 0) is 16.8 Å².